The van der Waals surface area contributed by atoms with Crippen LogP contribution < -0.4 is 9.47 Å². The molecule has 2 aromatic rings. The zero-order valence-electron chi connectivity index (χ0n) is 62.0. The molecule has 2 N–H and O–H groups in total. The van der Waals surface area contributed by atoms with E-state index in [1.165, 1.54) is 230 Å². The Hall–Kier alpha value is -6.34. The number of rotatable bonds is 56. The molecule has 10 nitrogen and oxygen atoms in total. The number of hydrogen-bond acceptors (Lipinski definition) is 10. The van der Waals surface area contributed by atoms with Crippen LogP contribution in [0.3, 0.4) is 0 Å². The second-order valence-corrected chi connectivity index (χ2v) is 24.5. The number of carbonyl (C=O) groups excluding carboxylic acids is 6. The van der Waals surface area contributed by atoms with Gasteiger partial charge in [-0.05, 0) is 153 Å². The molecule has 2 aromatic carbocycles. The first kappa shape index (κ1) is 96.1. The van der Waals surface area contributed by atoms with E-state index >= 15 is 0 Å². The first-order valence-electron chi connectivity index (χ1n) is 38.3. The van der Waals surface area contributed by atoms with Gasteiger partial charge >= 0.3 is 24.2 Å². The molecule has 10 heteroatoms. The number of esters is 2. The highest BCUT2D eigenvalue weighted by molar-refractivity contribution is 5.72. The van der Waals surface area contributed by atoms with E-state index in [-0.39, 0.29) is 35.7 Å². The van der Waals surface area contributed by atoms with Crippen LogP contribution in [0.4, 0.5) is 0 Å². The largest absolute Gasteiger partial charge is 0.508 e. The van der Waals surface area contributed by atoms with Crippen molar-refractivity contribution in [3.05, 3.63) is 146 Å². The molecule has 0 saturated heterocycles. The Morgan fingerprint density at radius 2 is 0.510 bits per heavy atom. The number of unbranched alkanes of at least 4 members (excludes halogenated alkanes) is 34. The van der Waals surface area contributed by atoms with Crippen molar-refractivity contribution in [1.82, 2.24) is 0 Å². The van der Waals surface area contributed by atoms with Crippen molar-refractivity contribution < 1.29 is 48.5 Å². The summed E-state index contributed by atoms with van der Waals surface area (Å²) >= 11 is 0. The summed E-state index contributed by atoms with van der Waals surface area (Å²) in [5.74, 6) is 0.572. The molecule has 0 heterocycles. The minimum absolute atomic E-state index is 0.106. The Labute approximate surface area is 588 Å². The van der Waals surface area contributed by atoms with Crippen molar-refractivity contribution in [2.75, 3.05) is 0 Å². The predicted octanol–water partition coefficient (Wildman–Crippen LogP) is 26.7. The van der Waals surface area contributed by atoms with Crippen LogP contribution in [0.1, 0.15) is 350 Å². The molecule has 0 bridgehead atoms. The summed E-state index contributed by atoms with van der Waals surface area (Å²) in [4.78, 5) is 56.0. The van der Waals surface area contributed by atoms with Crippen LogP contribution in [0, 0.1) is 0 Å². The highest BCUT2D eigenvalue weighted by atomic mass is 16.5. The van der Waals surface area contributed by atoms with Crippen LogP contribution in [-0.4, -0.2) is 34.5 Å². The molecule has 0 atom stereocenters. The lowest BCUT2D eigenvalue weighted by Gasteiger charge is -2.04. The van der Waals surface area contributed by atoms with E-state index in [1.807, 2.05) is 0 Å². The molecular weight excluding hydrogens is 1190 g/mol. The molecule has 0 amide bonds. The fourth-order valence-corrected chi connectivity index (χ4v) is 9.88. The van der Waals surface area contributed by atoms with Crippen LogP contribution in [0.15, 0.2) is 146 Å². The zero-order valence-corrected chi connectivity index (χ0v) is 62.0. The van der Waals surface area contributed by atoms with Crippen molar-refractivity contribution in [2.45, 2.75) is 350 Å². The first-order valence-corrected chi connectivity index (χ1v) is 38.3. The van der Waals surface area contributed by atoms with Crippen LogP contribution in [0.25, 0.3) is 0 Å². The fraction of sp³-hybridized carbons (Fsp3) is 0.628. The van der Waals surface area contributed by atoms with Crippen LogP contribution in [0.5, 0.6) is 23.0 Å². The normalized spacial score (nSPS) is 11.1. The summed E-state index contributed by atoms with van der Waals surface area (Å²) in [6.45, 7) is 13.4. The number of aromatic hydroxyl groups is 2. The molecular formula is C86H140O10. The molecule has 0 aliphatic heterocycles. The van der Waals surface area contributed by atoms with Gasteiger partial charge in [-0.2, -0.15) is 19.2 Å². The summed E-state index contributed by atoms with van der Waals surface area (Å²) in [6.07, 6.45) is 96.2. The lowest BCUT2D eigenvalue weighted by atomic mass is 10.1. The van der Waals surface area contributed by atoms with Gasteiger partial charge in [0.05, 0.1) is 0 Å². The molecule has 0 fully saturated rings. The van der Waals surface area contributed by atoms with Gasteiger partial charge in [-0.15, -0.1) is 0 Å². The van der Waals surface area contributed by atoms with E-state index in [0.29, 0.717) is 24.3 Å². The van der Waals surface area contributed by atoms with Gasteiger partial charge in [0.25, 0.3) is 0 Å². The van der Waals surface area contributed by atoms with Gasteiger partial charge in [0.15, 0.2) is 0 Å². The smallest absolute Gasteiger partial charge is 0.373 e. The lowest BCUT2D eigenvalue weighted by molar-refractivity contribution is -0.193. The summed E-state index contributed by atoms with van der Waals surface area (Å²) in [6, 6.07) is 12.7. The summed E-state index contributed by atoms with van der Waals surface area (Å²) < 4.78 is 10.4. The van der Waals surface area contributed by atoms with E-state index in [4.69, 9.17) is 28.7 Å². The number of hydrogen-bond donors (Lipinski definition) is 2. The van der Waals surface area contributed by atoms with E-state index in [2.05, 4.69) is 139 Å². The number of phenols is 2. The Morgan fingerprint density at radius 1 is 0.302 bits per heavy atom. The molecule has 0 unspecified atom stereocenters. The highest BCUT2D eigenvalue weighted by Gasteiger charge is 2.07. The van der Waals surface area contributed by atoms with Crippen molar-refractivity contribution in [2.24, 2.45) is 0 Å². The van der Waals surface area contributed by atoms with Gasteiger partial charge in [0.1, 0.15) is 23.0 Å². The van der Waals surface area contributed by atoms with Gasteiger partial charge in [-0.1, -0.05) is 318 Å². The highest BCUT2D eigenvalue weighted by Crippen LogP contribution is 2.21. The molecule has 0 aliphatic rings. The molecule has 0 saturated carbocycles. The quantitative estimate of drug-likeness (QED) is 0.0282. The van der Waals surface area contributed by atoms with Crippen molar-refractivity contribution in [3.8, 4) is 23.0 Å². The molecule has 0 radical (unpaired) electrons. The minimum Gasteiger partial charge on any atom is -0.508 e. The van der Waals surface area contributed by atoms with Crippen molar-refractivity contribution >= 4 is 24.2 Å². The minimum atomic E-state index is -0.234. The number of benzene rings is 2. The Kier molecular flexibility index (Phi) is 88.7. The maximum absolute atomic E-state index is 11.7. The average Bonchev–Trinajstić information content (AvgIpc) is 3.02. The van der Waals surface area contributed by atoms with Gasteiger partial charge in [0, 0.05) is 25.0 Å². The molecule has 0 spiro atoms. The van der Waals surface area contributed by atoms with Crippen LogP contribution in [0.2, 0.25) is 0 Å². The van der Waals surface area contributed by atoms with Crippen molar-refractivity contribution in [3.63, 3.8) is 0 Å². The topological polar surface area (TPSA) is 161 Å². The predicted molar refractivity (Wildman–Crippen MR) is 406 cm³/mol. The third kappa shape index (κ3) is 89.7. The summed E-state index contributed by atoms with van der Waals surface area (Å²) in [7, 11) is 0. The number of ether oxygens (including phenoxy) is 2. The van der Waals surface area contributed by atoms with E-state index in [1.54, 1.807) is 36.4 Å². The van der Waals surface area contributed by atoms with Gasteiger partial charge < -0.3 is 19.7 Å². The average molecular weight is 1330 g/mol. The van der Waals surface area contributed by atoms with E-state index in [9.17, 15) is 19.8 Å². The third-order valence-corrected chi connectivity index (χ3v) is 15.4. The molecule has 0 aromatic heterocycles. The second-order valence-electron chi connectivity index (χ2n) is 24.5. The molecule has 2 rings (SSSR count). The number of phenolic OH excluding ortho intramolecular Hbond substituents is 2. The van der Waals surface area contributed by atoms with Gasteiger partial charge in [-0.25, -0.2) is 0 Å². The number of allylic oxidation sites excluding steroid dienone is 16. The molecule has 0 aliphatic carbocycles. The Balaban J connectivity index is -0.000000580. The number of carbonyl (C=O) groups is 2. The maximum Gasteiger partial charge on any atom is 0.373 e. The first-order chi connectivity index (χ1) is 47.1. The lowest BCUT2D eigenvalue weighted by Crippen LogP contribution is -2.07. The standard InChI is InChI=1S/C24H38O3.C24H34O3.C18H36.C18H32.2CO2/c2*1-2-3-4-5-6-7-8-9-10-11-12-13-14-15-16-20-24(26)27-23-19-17-18-22(25)21-23;2*1-3-5-7-9-11-13-15-17-18-16-14-12-10-8-6-4-2;2*2-1-3/h9-10,17-19,21,25H,2-8,11-16,20H2,1H3;3-4,6-7,9-10,17-19,21,25H,2,5,8,11-16,20H2,1H3;17-18H,3-16H2,1-2H3;5,7,11,13,17-18H,3-4,6,8-10,12,14-16H2,1-2H3;;/b10-9-;4-3-,7-6-,10-9-;18-17-;7-5-,13-11-,18-17-;;. The van der Waals surface area contributed by atoms with Gasteiger partial charge in [-0.3, -0.25) is 9.59 Å². The van der Waals surface area contributed by atoms with E-state index < -0.39 is 0 Å². The molecule has 96 heavy (non-hydrogen) atoms. The Bertz CT molecular complexity index is 2220. The fourth-order valence-electron chi connectivity index (χ4n) is 9.88. The molecule has 544 valence electrons. The Morgan fingerprint density at radius 3 is 0.750 bits per heavy atom. The maximum atomic E-state index is 11.7. The SMILES string of the molecule is CC/C=C\C/C=C\C/C=C\CCCCCCCC.CC/C=C\C/C=C\C/C=C\CCCCCCCC(=O)Oc1cccc(O)c1.CCCCCCCC/C=C\CCCCCCCC.CCCCCCCC/C=C\CCCCCCCC(=O)Oc1cccc(O)c1.O=C=O.O=C=O. The third-order valence-electron chi connectivity index (χ3n) is 15.4. The van der Waals surface area contributed by atoms with E-state index in [0.717, 1.165) is 77.0 Å². The zero-order chi connectivity index (χ0) is 71.2. The van der Waals surface area contributed by atoms with Crippen LogP contribution in [-0.2, 0) is 28.8 Å². The second kappa shape index (κ2) is 88.7. The van der Waals surface area contributed by atoms with Gasteiger partial charge in [0.2, 0.25) is 0 Å². The van der Waals surface area contributed by atoms with Crippen LogP contribution >= 0.6 is 0 Å². The summed E-state index contributed by atoms with van der Waals surface area (Å²) in [5.41, 5.74) is 0. The van der Waals surface area contributed by atoms with Crippen molar-refractivity contribution in [1.29, 1.82) is 0 Å². The monoisotopic (exact) mass is 1330 g/mol. The summed E-state index contributed by atoms with van der Waals surface area (Å²) in [5, 5.41) is 18.7.